The Bertz CT molecular complexity index is 290. The monoisotopic (exact) mass is 195 g/mol. The van der Waals surface area contributed by atoms with Crippen molar-refractivity contribution in [3.63, 3.8) is 0 Å². The predicted molar refractivity (Wildman–Crippen MR) is 54.8 cm³/mol. The number of thiophene rings is 1. The first-order valence-electron chi connectivity index (χ1n) is 4.40. The molecule has 2 rings (SSSR count). The second-order valence-corrected chi connectivity index (χ2v) is 4.36. The Hall–Kier alpha value is -1.03. The fourth-order valence-corrected chi connectivity index (χ4v) is 2.07. The first kappa shape index (κ1) is 8.56. The Balaban J connectivity index is 2.01. The second kappa shape index (κ2) is 3.38. The molecule has 0 saturated heterocycles. The van der Waals surface area contributed by atoms with E-state index in [-0.39, 0.29) is 5.96 Å². The Kier molecular flexibility index (Phi) is 2.22. The van der Waals surface area contributed by atoms with Gasteiger partial charge in [-0.15, -0.1) is 11.3 Å². The molecule has 1 aromatic heterocycles. The SMILES string of the molecule is N=C(N)N(Cc1cccs1)C1CC1. The Morgan fingerprint density at radius 2 is 2.46 bits per heavy atom. The highest BCUT2D eigenvalue weighted by Gasteiger charge is 2.29. The van der Waals surface area contributed by atoms with Crippen molar-refractivity contribution in [2.45, 2.75) is 25.4 Å². The number of nitrogens with one attached hydrogen (secondary N) is 1. The van der Waals surface area contributed by atoms with Crippen molar-refractivity contribution in [3.05, 3.63) is 22.4 Å². The summed E-state index contributed by atoms with van der Waals surface area (Å²) in [5, 5.41) is 9.49. The van der Waals surface area contributed by atoms with E-state index in [1.807, 2.05) is 11.0 Å². The molecule has 0 unspecified atom stereocenters. The smallest absolute Gasteiger partial charge is 0.188 e. The molecule has 1 aliphatic rings. The summed E-state index contributed by atoms with van der Waals surface area (Å²) in [6.45, 7) is 0.803. The lowest BCUT2D eigenvalue weighted by Crippen LogP contribution is -2.37. The van der Waals surface area contributed by atoms with E-state index in [1.165, 1.54) is 17.7 Å². The topological polar surface area (TPSA) is 53.1 Å². The first-order valence-corrected chi connectivity index (χ1v) is 5.28. The fraction of sp³-hybridized carbons (Fsp3) is 0.444. The zero-order valence-corrected chi connectivity index (χ0v) is 8.18. The van der Waals surface area contributed by atoms with E-state index in [0.717, 1.165) is 6.54 Å². The van der Waals surface area contributed by atoms with Crippen LogP contribution in [0.25, 0.3) is 0 Å². The third-order valence-corrected chi connectivity index (χ3v) is 3.06. The van der Waals surface area contributed by atoms with Gasteiger partial charge in [0.05, 0.1) is 6.54 Å². The molecular formula is C9H13N3S. The third-order valence-electron chi connectivity index (χ3n) is 2.20. The summed E-state index contributed by atoms with van der Waals surface area (Å²) in [5.41, 5.74) is 5.51. The Labute approximate surface area is 81.7 Å². The van der Waals surface area contributed by atoms with Crippen LogP contribution in [0.2, 0.25) is 0 Å². The van der Waals surface area contributed by atoms with Crippen LogP contribution in [0.5, 0.6) is 0 Å². The molecule has 0 bridgehead atoms. The lowest BCUT2D eigenvalue weighted by molar-refractivity contribution is 0.399. The van der Waals surface area contributed by atoms with Crippen LogP contribution in [-0.2, 0) is 6.54 Å². The number of rotatable bonds is 3. The highest BCUT2D eigenvalue weighted by atomic mass is 32.1. The number of nitrogens with zero attached hydrogens (tertiary/aromatic N) is 1. The normalized spacial score (nSPS) is 15.7. The van der Waals surface area contributed by atoms with E-state index in [1.54, 1.807) is 11.3 Å². The van der Waals surface area contributed by atoms with Crippen LogP contribution in [0, 0.1) is 5.41 Å². The van der Waals surface area contributed by atoms with Gasteiger partial charge in [0, 0.05) is 10.9 Å². The van der Waals surface area contributed by atoms with Crippen LogP contribution in [-0.4, -0.2) is 16.9 Å². The van der Waals surface area contributed by atoms with Gasteiger partial charge in [-0.05, 0) is 24.3 Å². The molecule has 1 fully saturated rings. The number of hydrogen-bond donors (Lipinski definition) is 2. The van der Waals surface area contributed by atoms with Gasteiger partial charge in [0.1, 0.15) is 0 Å². The van der Waals surface area contributed by atoms with E-state index >= 15 is 0 Å². The van der Waals surface area contributed by atoms with Crippen LogP contribution in [0.4, 0.5) is 0 Å². The largest absolute Gasteiger partial charge is 0.370 e. The molecule has 0 amide bonds. The second-order valence-electron chi connectivity index (χ2n) is 3.32. The van der Waals surface area contributed by atoms with Gasteiger partial charge in [0.15, 0.2) is 5.96 Å². The van der Waals surface area contributed by atoms with Crippen LogP contribution in [0.15, 0.2) is 17.5 Å². The summed E-state index contributed by atoms with van der Waals surface area (Å²) in [5.74, 6) is 0.205. The van der Waals surface area contributed by atoms with E-state index in [4.69, 9.17) is 11.1 Å². The first-order chi connectivity index (χ1) is 6.27. The summed E-state index contributed by atoms with van der Waals surface area (Å²) in [6.07, 6.45) is 2.37. The fourth-order valence-electron chi connectivity index (χ4n) is 1.37. The summed E-state index contributed by atoms with van der Waals surface area (Å²) < 4.78 is 0. The summed E-state index contributed by atoms with van der Waals surface area (Å²) in [6, 6.07) is 4.65. The minimum atomic E-state index is 0.205. The number of guanidine groups is 1. The van der Waals surface area contributed by atoms with Gasteiger partial charge in [-0.25, -0.2) is 0 Å². The molecule has 70 valence electrons. The van der Waals surface area contributed by atoms with Crippen LogP contribution >= 0.6 is 11.3 Å². The zero-order chi connectivity index (χ0) is 9.26. The molecule has 13 heavy (non-hydrogen) atoms. The zero-order valence-electron chi connectivity index (χ0n) is 7.36. The molecule has 1 aliphatic carbocycles. The molecule has 3 N–H and O–H groups in total. The van der Waals surface area contributed by atoms with E-state index in [9.17, 15) is 0 Å². The Morgan fingerprint density at radius 1 is 1.69 bits per heavy atom. The minimum Gasteiger partial charge on any atom is -0.370 e. The minimum absolute atomic E-state index is 0.205. The molecule has 0 spiro atoms. The average Bonchev–Trinajstić information content (AvgIpc) is 2.79. The van der Waals surface area contributed by atoms with Gasteiger partial charge in [-0.2, -0.15) is 0 Å². The van der Waals surface area contributed by atoms with Gasteiger partial charge < -0.3 is 10.6 Å². The van der Waals surface area contributed by atoms with Gasteiger partial charge in [-0.1, -0.05) is 6.07 Å². The molecule has 0 aromatic carbocycles. The molecule has 0 atom stereocenters. The van der Waals surface area contributed by atoms with Crippen molar-refractivity contribution in [2.24, 2.45) is 5.73 Å². The molecule has 4 heteroatoms. The maximum atomic E-state index is 7.43. The molecule has 0 aliphatic heterocycles. The lowest BCUT2D eigenvalue weighted by Gasteiger charge is -2.21. The Morgan fingerprint density at radius 3 is 2.92 bits per heavy atom. The van der Waals surface area contributed by atoms with E-state index < -0.39 is 0 Å². The predicted octanol–water partition coefficient (Wildman–Crippen LogP) is 1.61. The molecule has 1 saturated carbocycles. The summed E-state index contributed by atoms with van der Waals surface area (Å²) >= 11 is 1.72. The maximum Gasteiger partial charge on any atom is 0.188 e. The molecule has 1 aromatic rings. The molecule has 1 heterocycles. The van der Waals surface area contributed by atoms with E-state index in [0.29, 0.717) is 6.04 Å². The van der Waals surface area contributed by atoms with Crippen molar-refractivity contribution in [1.29, 1.82) is 5.41 Å². The van der Waals surface area contributed by atoms with Crippen LogP contribution in [0.1, 0.15) is 17.7 Å². The number of hydrogen-bond acceptors (Lipinski definition) is 2. The maximum absolute atomic E-state index is 7.43. The summed E-state index contributed by atoms with van der Waals surface area (Å²) in [7, 11) is 0. The molecule has 3 nitrogen and oxygen atoms in total. The quantitative estimate of drug-likeness (QED) is 0.568. The van der Waals surface area contributed by atoms with Gasteiger partial charge >= 0.3 is 0 Å². The van der Waals surface area contributed by atoms with Crippen molar-refractivity contribution in [3.8, 4) is 0 Å². The average molecular weight is 195 g/mol. The molecular weight excluding hydrogens is 182 g/mol. The lowest BCUT2D eigenvalue weighted by atomic mass is 10.4. The highest BCUT2D eigenvalue weighted by molar-refractivity contribution is 7.09. The van der Waals surface area contributed by atoms with Crippen LogP contribution < -0.4 is 5.73 Å². The van der Waals surface area contributed by atoms with Crippen molar-refractivity contribution >= 4 is 17.3 Å². The van der Waals surface area contributed by atoms with Gasteiger partial charge in [0.25, 0.3) is 0 Å². The third kappa shape index (κ3) is 2.01. The van der Waals surface area contributed by atoms with Crippen molar-refractivity contribution < 1.29 is 0 Å². The number of nitrogens with two attached hydrogens (primary N) is 1. The standard InChI is InChI=1S/C9H13N3S/c10-9(11)12(7-3-4-7)6-8-2-1-5-13-8/h1-2,5,7H,3-4,6H2,(H3,10,11). The highest BCUT2D eigenvalue weighted by Crippen LogP contribution is 2.28. The molecule has 0 radical (unpaired) electrons. The van der Waals surface area contributed by atoms with Crippen LogP contribution in [0.3, 0.4) is 0 Å². The van der Waals surface area contributed by atoms with E-state index in [2.05, 4.69) is 11.4 Å². The van der Waals surface area contributed by atoms with Crippen molar-refractivity contribution in [2.75, 3.05) is 0 Å². The summed E-state index contributed by atoms with van der Waals surface area (Å²) in [4.78, 5) is 3.26. The van der Waals surface area contributed by atoms with Gasteiger partial charge in [-0.3, -0.25) is 5.41 Å². The van der Waals surface area contributed by atoms with Gasteiger partial charge in [0.2, 0.25) is 0 Å². The van der Waals surface area contributed by atoms with Crippen molar-refractivity contribution in [1.82, 2.24) is 4.90 Å².